The Labute approximate surface area is 108 Å². The molecule has 6 nitrogen and oxygen atoms in total. The van der Waals surface area contributed by atoms with Crippen LogP contribution in [0.2, 0.25) is 0 Å². The van der Waals surface area contributed by atoms with Crippen molar-refractivity contribution in [2.45, 2.75) is 5.37 Å². The highest BCUT2D eigenvalue weighted by Gasteiger charge is 2.37. The Morgan fingerprint density at radius 3 is 2.50 bits per heavy atom. The van der Waals surface area contributed by atoms with E-state index in [0.717, 1.165) is 11.8 Å². The molecule has 1 aliphatic rings. The monoisotopic (exact) mass is 265 g/mol. The Morgan fingerprint density at radius 2 is 2.00 bits per heavy atom. The molecule has 1 heterocycles. The van der Waals surface area contributed by atoms with Crippen molar-refractivity contribution < 1.29 is 14.4 Å². The van der Waals surface area contributed by atoms with Crippen molar-refractivity contribution in [2.24, 2.45) is 5.73 Å². The second kappa shape index (κ2) is 5.09. The first-order valence-corrected chi connectivity index (χ1v) is 6.07. The van der Waals surface area contributed by atoms with Crippen LogP contribution in [0.15, 0.2) is 30.3 Å². The maximum atomic E-state index is 11.6. The van der Waals surface area contributed by atoms with Crippen LogP contribution in [0.3, 0.4) is 0 Å². The van der Waals surface area contributed by atoms with E-state index in [1.807, 2.05) is 6.07 Å². The number of anilines is 1. The first-order valence-electron chi connectivity index (χ1n) is 5.19. The lowest BCUT2D eigenvalue weighted by atomic mass is 10.2. The van der Waals surface area contributed by atoms with Crippen LogP contribution in [-0.2, 0) is 9.59 Å². The highest BCUT2D eigenvalue weighted by molar-refractivity contribution is 8.15. The molecule has 0 radical (unpaired) electrons. The van der Waals surface area contributed by atoms with E-state index in [1.165, 1.54) is 4.90 Å². The quantitative estimate of drug-likeness (QED) is 0.816. The van der Waals surface area contributed by atoms with Crippen LogP contribution in [0.1, 0.15) is 0 Å². The molecule has 3 N–H and O–H groups in total. The maximum Gasteiger partial charge on any atom is 0.288 e. The molecule has 0 saturated carbocycles. The highest BCUT2D eigenvalue weighted by atomic mass is 32.2. The normalized spacial score (nSPS) is 18.6. The van der Waals surface area contributed by atoms with Crippen molar-refractivity contribution in [3.8, 4) is 0 Å². The van der Waals surface area contributed by atoms with Gasteiger partial charge in [0.05, 0.1) is 6.54 Å². The summed E-state index contributed by atoms with van der Waals surface area (Å²) in [6.07, 6.45) is 0. The van der Waals surface area contributed by atoms with Gasteiger partial charge >= 0.3 is 0 Å². The summed E-state index contributed by atoms with van der Waals surface area (Å²) in [5.41, 5.74) is 5.84. The van der Waals surface area contributed by atoms with Gasteiger partial charge in [0, 0.05) is 5.69 Å². The van der Waals surface area contributed by atoms with Crippen LogP contribution in [0.25, 0.3) is 0 Å². The molecular weight excluding hydrogens is 254 g/mol. The van der Waals surface area contributed by atoms with Crippen molar-refractivity contribution in [1.82, 2.24) is 5.32 Å². The van der Waals surface area contributed by atoms with Crippen molar-refractivity contribution >= 4 is 34.5 Å². The fourth-order valence-corrected chi connectivity index (χ4v) is 2.50. The molecule has 0 unspecified atom stereocenters. The van der Waals surface area contributed by atoms with E-state index in [2.05, 4.69) is 5.32 Å². The number of nitrogens with one attached hydrogen (secondary N) is 1. The second-order valence-corrected chi connectivity index (χ2v) is 4.73. The van der Waals surface area contributed by atoms with E-state index < -0.39 is 22.4 Å². The number of rotatable bonds is 4. The van der Waals surface area contributed by atoms with Crippen molar-refractivity contribution in [3.63, 3.8) is 0 Å². The summed E-state index contributed by atoms with van der Waals surface area (Å²) in [5, 5.41) is 1.00. The minimum Gasteiger partial charge on any atom is -0.368 e. The number of nitrogens with zero attached hydrogens (tertiary/aromatic N) is 1. The first-order chi connectivity index (χ1) is 8.58. The molecule has 0 aliphatic carbocycles. The SMILES string of the molecule is NC(=O)CN(c1ccccc1)[C@@H]1SC(=O)NC1=O. The number of primary amides is 1. The zero-order chi connectivity index (χ0) is 13.1. The minimum absolute atomic E-state index is 0.123. The summed E-state index contributed by atoms with van der Waals surface area (Å²) in [6, 6.07) is 8.88. The summed E-state index contributed by atoms with van der Waals surface area (Å²) < 4.78 is 0. The highest BCUT2D eigenvalue weighted by Crippen LogP contribution is 2.27. The second-order valence-electron chi connectivity index (χ2n) is 3.68. The van der Waals surface area contributed by atoms with Crippen molar-refractivity contribution in [1.29, 1.82) is 0 Å². The minimum atomic E-state index is -0.757. The molecule has 0 spiro atoms. The van der Waals surface area contributed by atoms with Crippen LogP contribution >= 0.6 is 11.8 Å². The number of benzene rings is 1. The first kappa shape index (κ1) is 12.4. The summed E-state index contributed by atoms with van der Waals surface area (Å²) in [5.74, 6) is -0.998. The van der Waals surface area contributed by atoms with Gasteiger partial charge in [-0.05, 0) is 23.9 Å². The Balaban J connectivity index is 2.28. The third kappa shape index (κ3) is 2.62. The van der Waals surface area contributed by atoms with Crippen molar-refractivity contribution in [3.05, 3.63) is 30.3 Å². The lowest BCUT2D eigenvalue weighted by Gasteiger charge is -2.26. The number of hydrogen-bond acceptors (Lipinski definition) is 5. The molecule has 3 amide bonds. The van der Waals surface area contributed by atoms with E-state index in [4.69, 9.17) is 5.73 Å². The smallest absolute Gasteiger partial charge is 0.288 e. The van der Waals surface area contributed by atoms with Crippen LogP contribution < -0.4 is 16.0 Å². The van der Waals surface area contributed by atoms with Gasteiger partial charge in [-0.25, -0.2) is 0 Å². The average Bonchev–Trinajstić information content (AvgIpc) is 2.66. The van der Waals surface area contributed by atoms with Gasteiger partial charge in [0.1, 0.15) is 0 Å². The fraction of sp³-hybridized carbons (Fsp3) is 0.182. The molecule has 7 heteroatoms. The number of carbonyl (C=O) groups excluding carboxylic acids is 3. The molecule has 18 heavy (non-hydrogen) atoms. The lowest BCUT2D eigenvalue weighted by Crippen LogP contribution is -2.44. The molecular formula is C11H11N3O3S. The summed E-state index contributed by atoms with van der Waals surface area (Å²) in [4.78, 5) is 35.4. The Hall–Kier alpha value is -2.02. The maximum absolute atomic E-state index is 11.6. The van der Waals surface area contributed by atoms with Gasteiger partial charge in [-0.3, -0.25) is 19.7 Å². The molecule has 1 atom stereocenters. The number of imide groups is 1. The third-order valence-corrected chi connectivity index (χ3v) is 3.37. The van der Waals surface area contributed by atoms with E-state index in [1.54, 1.807) is 24.3 Å². The number of para-hydroxylation sites is 1. The Kier molecular flexibility index (Phi) is 3.52. The number of nitrogens with two attached hydrogens (primary N) is 1. The Morgan fingerprint density at radius 1 is 1.33 bits per heavy atom. The number of amides is 3. The molecule has 2 rings (SSSR count). The van der Waals surface area contributed by atoms with Gasteiger partial charge < -0.3 is 10.6 Å². The van der Waals surface area contributed by atoms with E-state index >= 15 is 0 Å². The summed E-state index contributed by atoms with van der Waals surface area (Å²) >= 11 is 0.837. The summed E-state index contributed by atoms with van der Waals surface area (Å²) in [6.45, 7) is -0.123. The zero-order valence-electron chi connectivity index (χ0n) is 9.33. The molecule has 94 valence electrons. The molecule has 0 bridgehead atoms. The Bertz CT molecular complexity index is 492. The number of carbonyl (C=O) groups is 3. The van der Waals surface area contributed by atoms with Gasteiger partial charge in [0.15, 0.2) is 5.37 Å². The predicted octanol–water partition coefficient (Wildman–Crippen LogP) is 0.287. The third-order valence-electron chi connectivity index (χ3n) is 2.37. The summed E-state index contributed by atoms with van der Waals surface area (Å²) in [7, 11) is 0. The molecule has 1 fully saturated rings. The van der Waals surface area contributed by atoms with E-state index in [-0.39, 0.29) is 6.54 Å². The largest absolute Gasteiger partial charge is 0.368 e. The molecule has 1 aromatic rings. The van der Waals surface area contributed by atoms with Gasteiger partial charge in [0.2, 0.25) is 5.91 Å². The molecule has 1 saturated heterocycles. The van der Waals surface area contributed by atoms with Crippen molar-refractivity contribution in [2.75, 3.05) is 11.4 Å². The molecule has 1 aliphatic heterocycles. The van der Waals surface area contributed by atoms with Crippen LogP contribution in [0, 0.1) is 0 Å². The lowest BCUT2D eigenvalue weighted by molar-refractivity contribution is -0.119. The van der Waals surface area contributed by atoms with Gasteiger partial charge in [0.25, 0.3) is 11.1 Å². The standard InChI is InChI=1S/C11H11N3O3S/c12-8(15)6-14(7-4-2-1-3-5-7)10-9(16)13-11(17)18-10/h1-5,10H,6H2,(H2,12,15)(H,13,16,17)/t10-/m1/s1. The van der Waals surface area contributed by atoms with Gasteiger partial charge in [-0.1, -0.05) is 18.2 Å². The van der Waals surface area contributed by atoms with Gasteiger partial charge in [-0.15, -0.1) is 0 Å². The van der Waals surface area contributed by atoms with Crippen LogP contribution in [0.4, 0.5) is 10.5 Å². The fourth-order valence-electron chi connectivity index (χ4n) is 1.65. The zero-order valence-corrected chi connectivity index (χ0v) is 10.1. The van der Waals surface area contributed by atoms with Crippen LogP contribution in [-0.4, -0.2) is 29.0 Å². The van der Waals surface area contributed by atoms with Gasteiger partial charge in [-0.2, -0.15) is 0 Å². The molecule has 0 aromatic heterocycles. The van der Waals surface area contributed by atoms with E-state index in [9.17, 15) is 14.4 Å². The topological polar surface area (TPSA) is 92.5 Å². The van der Waals surface area contributed by atoms with Crippen LogP contribution in [0.5, 0.6) is 0 Å². The van der Waals surface area contributed by atoms with E-state index in [0.29, 0.717) is 5.69 Å². The number of hydrogen-bond donors (Lipinski definition) is 2. The molecule has 1 aromatic carbocycles. The average molecular weight is 265 g/mol. The number of thioether (sulfide) groups is 1. The predicted molar refractivity (Wildman–Crippen MR) is 67.9 cm³/mol.